The molecular weight excluding hydrogens is 909 g/mol. The van der Waals surface area contributed by atoms with Crippen LogP contribution >= 0.6 is 0 Å². The number of rotatable bonds is 10. The third-order valence-electron chi connectivity index (χ3n) is 14.7. The molecule has 358 valence electrons. The van der Waals surface area contributed by atoms with Gasteiger partial charge in [0.15, 0.2) is 0 Å². The summed E-state index contributed by atoms with van der Waals surface area (Å²) in [6.07, 6.45) is 0. The van der Waals surface area contributed by atoms with E-state index < -0.39 is 0 Å². The number of benzene rings is 12. The van der Waals surface area contributed by atoms with E-state index in [1.165, 1.54) is 16.7 Å². The molecular formula is C72H54N2O. The predicted molar refractivity (Wildman–Crippen MR) is 319 cm³/mol. The van der Waals surface area contributed by atoms with Gasteiger partial charge in [0, 0.05) is 44.5 Å². The minimum atomic E-state index is 0.0593. The molecule has 0 aliphatic heterocycles. The third kappa shape index (κ3) is 8.58. The van der Waals surface area contributed by atoms with E-state index >= 15 is 0 Å². The van der Waals surface area contributed by atoms with Gasteiger partial charge >= 0.3 is 0 Å². The molecule has 3 nitrogen and oxygen atoms in total. The maximum Gasteiger partial charge on any atom is 0.136 e. The van der Waals surface area contributed by atoms with Gasteiger partial charge in [-0.2, -0.15) is 0 Å². The molecule has 0 unspecified atom stereocenters. The van der Waals surface area contributed by atoms with Gasteiger partial charge in [-0.3, -0.25) is 0 Å². The van der Waals surface area contributed by atoms with Crippen molar-refractivity contribution in [3.05, 3.63) is 279 Å². The van der Waals surface area contributed by atoms with Crippen LogP contribution in [0.1, 0.15) is 26.3 Å². The lowest BCUT2D eigenvalue weighted by molar-refractivity contribution is 0.590. The van der Waals surface area contributed by atoms with Crippen LogP contribution in [0.25, 0.3) is 88.0 Å². The monoisotopic (exact) mass is 962 g/mol. The molecule has 0 aliphatic carbocycles. The molecule has 0 spiro atoms. The quantitative estimate of drug-likeness (QED) is 0.136. The van der Waals surface area contributed by atoms with Crippen molar-refractivity contribution in [2.24, 2.45) is 0 Å². The van der Waals surface area contributed by atoms with Gasteiger partial charge in [-0.15, -0.1) is 0 Å². The van der Waals surface area contributed by atoms with Crippen LogP contribution in [-0.4, -0.2) is 0 Å². The first-order valence-electron chi connectivity index (χ1n) is 25.9. The Labute approximate surface area is 438 Å². The van der Waals surface area contributed by atoms with Crippen molar-refractivity contribution in [3.63, 3.8) is 0 Å². The molecule has 0 N–H and O–H groups in total. The standard InChI is InChI=1S/C72H54N2O/c1-72(2,3)58-38-34-52(35-39-58)64-30-13-16-31-67(64)73(59-27-19-26-53(42-59)49-20-7-4-8-21-49)60-40-36-54-45-65-66-46-55-37-41-61(44-57(55)48-71(66)75-70(65)47-56(54)43-60)74(68-32-17-14-28-62(68)50-22-9-5-10-23-50)69-33-18-15-29-63(69)51-24-11-6-12-25-51/h4-48H,1-3H3. The molecule has 0 saturated carbocycles. The Morgan fingerprint density at radius 2 is 0.680 bits per heavy atom. The Kier molecular flexibility index (Phi) is 11.4. The zero-order valence-corrected chi connectivity index (χ0v) is 42.3. The Hall–Kier alpha value is -9.44. The summed E-state index contributed by atoms with van der Waals surface area (Å²) in [5, 5.41) is 6.71. The predicted octanol–water partition coefficient (Wildman–Crippen LogP) is 20.8. The average molecular weight is 963 g/mol. The van der Waals surface area contributed by atoms with Crippen molar-refractivity contribution in [1.29, 1.82) is 0 Å². The first kappa shape index (κ1) is 45.4. The molecule has 1 aromatic heterocycles. The minimum absolute atomic E-state index is 0.0593. The molecule has 75 heavy (non-hydrogen) atoms. The summed E-state index contributed by atoms with van der Waals surface area (Å²) >= 11 is 0. The van der Waals surface area contributed by atoms with E-state index in [4.69, 9.17) is 4.42 Å². The molecule has 0 amide bonds. The third-order valence-corrected chi connectivity index (χ3v) is 14.7. The van der Waals surface area contributed by atoms with Crippen molar-refractivity contribution in [3.8, 4) is 44.5 Å². The SMILES string of the molecule is CC(C)(C)c1ccc(-c2ccccc2N(c2cccc(-c3ccccc3)c2)c2ccc3cc4c(cc3c2)oc2cc3cc(N(c5ccccc5-c5ccccc5)c5ccccc5-c5ccccc5)ccc3cc24)cc1. The highest BCUT2D eigenvalue weighted by Gasteiger charge is 2.23. The molecule has 1 heterocycles. The Morgan fingerprint density at radius 3 is 1.17 bits per heavy atom. The summed E-state index contributed by atoms with van der Waals surface area (Å²) in [6.45, 7) is 6.80. The van der Waals surface area contributed by atoms with Crippen LogP contribution < -0.4 is 9.80 Å². The molecule has 13 rings (SSSR count). The summed E-state index contributed by atoms with van der Waals surface area (Å²) in [6, 6.07) is 98.9. The van der Waals surface area contributed by atoms with Gasteiger partial charge in [0.2, 0.25) is 0 Å². The summed E-state index contributed by atoms with van der Waals surface area (Å²) in [5.41, 5.74) is 18.9. The molecule has 0 fully saturated rings. The Bertz CT molecular complexity index is 4130. The van der Waals surface area contributed by atoms with E-state index in [1.807, 2.05) is 0 Å². The van der Waals surface area contributed by atoms with E-state index in [0.29, 0.717) is 0 Å². The molecule has 13 aromatic rings. The lowest BCUT2D eigenvalue weighted by Crippen LogP contribution is -2.12. The fourth-order valence-electron chi connectivity index (χ4n) is 10.9. The largest absolute Gasteiger partial charge is 0.456 e. The number of anilines is 6. The Morgan fingerprint density at radius 1 is 0.280 bits per heavy atom. The summed E-state index contributed by atoms with van der Waals surface area (Å²) in [7, 11) is 0. The number of furan rings is 1. The number of hydrogen-bond acceptors (Lipinski definition) is 3. The Balaban J connectivity index is 0.937. The molecule has 0 bridgehead atoms. The second-order valence-corrected chi connectivity index (χ2v) is 20.6. The van der Waals surface area contributed by atoms with Gasteiger partial charge in [0.05, 0.1) is 17.1 Å². The number of para-hydroxylation sites is 3. The van der Waals surface area contributed by atoms with Gasteiger partial charge in [0.1, 0.15) is 11.2 Å². The molecule has 3 heteroatoms. The molecule has 0 radical (unpaired) electrons. The van der Waals surface area contributed by atoms with E-state index in [1.54, 1.807) is 0 Å². The zero-order chi connectivity index (χ0) is 50.5. The summed E-state index contributed by atoms with van der Waals surface area (Å²) in [4.78, 5) is 4.82. The average Bonchev–Trinajstić information content (AvgIpc) is 3.81. The highest BCUT2D eigenvalue weighted by molar-refractivity contribution is 6.14. The zero-order valence-electron chi connectivity index (χ0n) is 42.3. The molecule has 12 aromatic carbocycles. The number of hydrogen-bond donors (Lipinski definition) is 0. The minimum Gasteiger partial charge on any atom is -0.456 e. The topological polar surface area (TPSA) is 19.6 Å². The van der Waals surface area contributed by atoms with Crippen LogP contribution in [0, 0.1) is 0 Å². The van der Waals surface area contributed by atoms with E-state index in [-0.39, 0.29) is 5.41 Å². The van der Waals surface area contributed by atoms with Gasteiger partial charge in [0.25, 0.3) is 0 Å². The highest BCUT2D eigenvalue weighted by Crippen LogP contribution is 2.47. The number of fused-ring (bicyclic) bond motifs is 5. The molecule has 0 atom stereocenters. The van der Waals surface area contributed by atoms with Crippen LogP contribution in [0.5, 0.6) is 0 Å². The van der Waals surface area contributed by atoms with Gasteiger partial charge < -0.3 is 14.2 Å². The maximum absolute atomic E-state index is 6.91. The van der Waals surface area contributed by atoms with Crippen LogP contribution in [0.2, 0.25) is 0 Å². The van der Waals surface area contributed by atoms with Crippen molar-refractivity contribution >= 4 is 77.6 Å². The fraction of sp³-hybridized carbons (Fsp3) is 0.0556. The summed E-state index contributed by atoms with van der Waals surface area (Å²) in [5.74, 6) is 0. The van der Waals surface area contributed by atoms with Crippen LogP contribution in [0.3, 0.4) is 0 Å². The van der Waals surface area contributed by atoms with Crippen LogP contribution in [-0.2, 0) is 5.41 Å². The second-order valence-electron chi connectivity index (χ2n) is 20.6. The highest BCUT2D eigenvalue weighted by atomic mass is 16.3. The lowest BCUT2D eigenvalue weighted by Gasteiger charge is -2.30. The van der Waals surface area contributed by atoms with Crippen molar-refractivity contribution in [2.45, 2.75) is 26.2 Å². The summed E-state index contributed by atoms with van der Waals surface area (Å²) < 4.78 is 6.91. The normalized spacial score (nSPS) is 11.7. The first-order valence-corrected chi connectivity index (χ1v) is 25.9. The molecule has 0 saturated heterocycles. The smallest absolute Gasteiger partial charge is 0.136 e. The maximum atomic E-state index is 6.91. The van der Waals surface area contributed by atoms with Gasteiger partial charge in [-0.25, -0.2) is 0 Å². The van der Waals surface area contributed by atoms with Crippen LogP contribution in [0.4, 0.5) is 34.1 Å². The van der Waals surface area contributed by atoms with Gasteiger partial charge in [-0.05, 0) is 139 Å². The van der Waals surface area contributed by atoms with Crippen LogP contribution in [0.15, 0.2) is 277 Å². The lowest BCUT2D eigenvalue weighted by atomic mass is 9.86. The second kappa shape index (κ2) is 18.9. The van der Waals surface area contributed by atoms with Crippen molar-refractivity contribution < 1.29 is 4.42 Å². The number of nitrogens with zero attached hydrogens (tertiary/aromatic N) is 2. The van der Waals surface area contributed by atoms with E-state index in [0.717, 1.165) is 111 Å². The molecule has 0 aliphatic rings. The first-order chi connectivity index (χ1) is 36.8. The van der Waals surface area contributed by atoms with E-state index in [2.05, 4.69) is 304 Å². The van der Waals surface area contributed by atoms with E-state index in [9.17, 15) is 0 Å². The van der Waals surface area contributed by atoms with Crippen molar-refractivity contribution in [1.82, 2.24) is 0 Å². The van der Waals surface area contributed by atoms with Gasteiger partial charge in [-0.1, -0.05) is 215 Å². The fourth-order valence-corrected chi connectivity index (χ4v) is 10.9. The van der Waals surface area contributed by atoms with Crippen molar-refractivity contribution in [2.75, 3.05) is 9.80 Å².